The third-order valence-electron chi connectivity index (χ3n) is 3.14. The van der Waals surface area contributed by atoms with Crippen molar-refractivity contribution in [2.45, 2.75) is 58.1 Å². The molecular formula is C11H19N3O. The summed E-state index contributed by atoms with van der Waals surface area (Å²) in [7, 11) is 0. The molecule has 2 atom stereocenters. The van der Waals surface area contributed by atoms with Crippen LogP contribution >= 0.6 is 0 Å². The summed E-state index contributed by atoms with van der Waals surface area (Å²) in [6.45, 7) is 4.14. The van der Waals surface area contributed by atoms with E-state index in [9.17, 15) is 5.11 Å². The third kappa shape index (κ3) is 1.91. The van der Waals surface area contributed by atoms with Crippen molar-refractivity contribution in [3.8, 4) is 0 Å². The fourth-order valence-corrected chi connectivity index (χ4v) is 2.27. The fraction of sp³-hybridized carbons (Fsp3) is 0.818. The second-order valence-electron chi connectivity index (χ2n) is 4.16. The van der Waals surface area contributed by atoms with Gasteiger partial charge in [0, 0.05) is 12.8 Å². The zero-order valence-electron chi connectivity index (χ0n) is 9.48. The molecule has 2 rings (SSSR count). The molecule has 1 fully saturated rings. The zero-order chi connectivity index (χ0) is 10.8. The van der Waals surface area contributed by atoms with E-state index in [-0.39, 0.29) is 12.1 Å². The molecule has 1 aromatic heterocycles. The topological polar surface area (TPSA) is 50.9 Å². The van der Waals surface area contributed by atoms with E-state index in [1.54, 1.807) is 0 Å². The highest BCUT2D eigenvalue weighted by atomic mass is 16.3. The SMILES string of the molecule is CCc1nc(CC)n([C@H]2CCC[C@@H]2O)n1. The lowest BCUT2D eigenvalue weighted by atomic mass is 10.2. The molecule has 15 heavy (non-hydrogen) atoms. The number of aliphatic hydroxyl groups excluding tert-OH is 1. The van der Waals surface area contributed by atoms with E-state index in [0.29, 0.717) is 0 Å². The second kappa shape index (κ2) is 4.31. The Hall–Kier alpha value is -0.900. The molecule has 0 aromatic carbocycles. The van der Waals surface area contributed by atoms with Crippen LogP contribution in [0.15, 0.2) is 0 Å². The average Bonchev–Trinajstić information content (AvgIpc) is 2.82. The van der Waals surface area contributed by atoms with Crippen molar-refractivity contribution in [3.63, 3.8) is 0 Å². The Morgan fingerprint density at radius 2 is 2.13 bits per heavy atom. The summed E-state index contributed by atoms with van der Waals surface area (Å²) in [6, 6.07) is 0.160. The summed E-state index contributed by atoms with van der Waals surface area (Å²) in [4.78, 5) is 4.47. The minimum Gasteiger partial charge on any atom is -0.391 e. The Bertz CT molecular complexity index is 335. The number of rotatable bonds is 3. The van der Waals surface area contributed by atoms with Gasteiger partial charge in [-0.2, -0.15) is 5.10 Å². The Morgan fingerprint density at radius 3 is 2.67 bits per heavy atom. The first kappa shape index (κ1) is 10.6. The van der Waals surface area contributed by atoms with Crippen LogP contribution < -0.4 is 0 Å². The Morgan fingerprint density at radius 1 is 1.33 bits per heavy atom. The molecule has 4 heteroatoms. The largest absolute Gasteiger partial charge is 0.391 e. The van der Waals surface area contributed by atoms with Gasteiger partial charge in [0.05, 0.1) is 12.1 Å². The summed E-state index contributed by atoms with van der Waals surface area (Å²) >= 11 is 0. The summed E-state index contributed by atoms with van der Waals surface area (Å²) in [5.41, 5.74) is 0. The molecule has 1 heterocycles. The lowest BCUT2D eigenvalue weighted by Gasteiger charge is -2.16. The lowest BCUT2D eigenvalue weighted by molar-refractivity contribution is 0.128. The van der Waals surface area contributed by atoms with Crippen LogP contribution in [0, 0.1) is 0 Å². The van der Waals surface area contributed by atoms with Crippen molar-refractivity contribution in [2.24, 2.45) is 0 Å². The number of hydrogen-bond donors (Lipinski definition) is 1. The second-order valence-corrected chi connectivity index (χ2v) is 4.16. The predicted octanol–water partition coefficient (Wildman–Crippen LogP) is 1.49. The molecule has 0 radical (unpaired) electrons. The molecule has 84 valence electrons. The third-order valence-corrected chi connectivity index (χ3v) is 3.14. The molecule has 1 aliphatic rings. The fourth-order valence-electron chi connectivity index (χ4n) is 2.27. The number of aryl methyl sites for hydroxylation is 2. The standard InChI is InChI=1S/C11H19N3O/c1-3-10-12-11(4-2)14(13-10)8-6-5-7-9(8)15/h8-9,15H,3-7H2,1-2H3/t8-,9-/m0/s1. The van der Waals surface area contributed by atoms with Gasteiger partial charge in [-0.25, -0.2) is 9.67 Å². The molecule has 0 saturated heterocycles. The minimum atomic E-state index is -0.235. The number of aliphatic hydroxyl groups is 1. The van der Waals surface area contributed by atoms with Crippen molar-refractivity contribution >= 4 is 0 Å². The van der Waals surface area contributed by atoms with Crippen LogP contribution in [0.25, 0.3) is 0 Å². The van der Waals surface area contributed by atoms with Crippen molar-refractivity contribution in [2.75, 3.05) is 0 Å². The molecule has 1 N–H and O–H groups in total. The highest BCUT2D eigenvalue weighted by molar-refractivity contribution is 4.97. The maximum absolute atomic E-state index is 9.86. The first-order chi connectivity index (χ1) is 7.26. The zero-order valence-corrected chi connectivity index (χ0v) is 9.48. The molecule has 1 saturated carbocycles. The normalized spacial score (nSPS) is 26.1. The molecule has 0 unspecified atom stereocenters. The predicted molar refractivity (Wildman–Crippen MR) is 57.7 cm³/mol. The summed E-state index contributed by atoms with van der Waals surface area (Å²) in [5.74, 6) is 1.91. The molecule has 0 spiro atoms. The molecular weight excluding hydrogens is 190 g/mol. The van der Waals surface area contributed by atoms with Crippen LogP contribution in [0.3, 0.4) is 0 Å². The quantitative estimate of drug-likeness (QED) is 0.820. The van der Waals surface area contributed by atoms with Crippen LogP contribution in [0.4, 0.5) is 0 Å². The summed E-state index contributed by atoms with van der Waals surface area (Å²) < 4.78 is 1.95. The highest BCUT2D eigenvalue weighted by Gasteiger charge is 2.29. The molecule has 0 aliphatic heterocycles. The first-order valence-electron chi connectivity index (χ1n) is 5.88. The van der Waals surface area contributed by atoms with Crippen molar-refractivity contribution in [1.29, 1.82) is 0 Å². The van der Waals surface area contributed by atoms with Gasteiger partial charge in [0.2, 0.25) is 0 Å². The van der Waals surface area contributed by atoms with E-state index < -0.39 is 0 Å². The maximum atomic E-state index is 9.86. The van der Waals surface area contributed by atoms with Gasteiger partial charge in [-0.15, -0.1) is 0 Å². The first-order valence-corrected chi connectivity index (χ1v) is 5.88. The maximum Gasteiger partial charge on any atom is 0.150 e. The highest BCUT2D eigenvalue weighted by Crippen LogP contribution is 2.30. The van der Waals surface area contributed by atoms with Crippen LogP contribution in [0.5, 0.6) is 0 Å². The van der Waals surface area contributed by atoms with Crippen molar-refractivity contribution in [1.82, 2.24) is 14.8 Å². The number of aromatic nitrogens is 3. The molecule has 0 amide bonds. The Labute approximate surface area is 90.3 Å². The minimum absolute atomic E-state index is 0.160. The van der Waals surface area contributed by atoms with E-state index in [1.165, 1.54) is 0 Å². The van der Waals surface area contributed by atoms with Crippen LogP contribution in [0.1, 0.15) is 50.8 Å². The van der Waals surface area contributed by atoms with Gasteiger partial charge in [0.1, 0.15) is 5.82 Å². The van der Waals surface area contributed by atoms with Crippen LogP contribution in [-0.2, 0) is 12.8 Å². The van der Waals surface area contributed by atoms with E-state index >= 15 is 0 Å². The molecule has 1 aliphatic carbocycles. The smallest absolute Gasteiger partial charge is 0.150 e. The van der Waals surface area contributed by atoms with Crippen molar-refractivity contribution in [3.05, 3.63) is 11.6 Å². The van der Waals surface area contributed by atoms with E-state index in [1.807, 2.05) is 4.68 Å². The summed E-state index contributed by atoms with van der Waals surface area (Å²) in [5, 5.41) is 14.3. The monoisotopic (exact) mass is 209 g/mol. The number of hydrogen-bond acceptors (Lipinski definition) is 3. The van der Waals surface area contributed by atoms with E-state index in [4.69, 9.17) is 0 Å². The van der Waals surface area contributed by atoms with Crippen LogP contribution in [-0.4, -0.2) is 26.0 Å². The van der Waals surface area contributed by atoms with Crippen LogP contribution in [0.2, 0.25) is 0 Å². The van der Waals surface area contributed by atoms with Gasteiger partial charge in [-0.3, -0.25) is 0 Å². The average molecular weight is 209 g/mol. The molecule has 0 bridgehead atoms. The van der Waals surface area contributed by atoms with Gasteiger partial charge < -0.3 is 5.11 Å². The van der Waals surface area contributed by atoms with Gasteiger partial charge >= 0.3 is 0 Å². The molecule has 4 nitrogen and oxygen atoms in total. The Kier molecular flexibility index (Phi) is 3.05. The van der Waals surface area contributed by atoms with Gasteiger partial charge in [-0.05, 0) is 19.3 Å². The van der Waals surface area contributed by atoms with Gasteiger partial charge in [0.25, 0.3) is 0 Å². The van der Waals surface area contributed by atoms with Crippen molar-refractivity contribution < 1.29 is 5.11 Å². The van der Waals surface area contributed by atoms with E-state index in [0.717, 1.165) is 43.8 Å². The van der Waals surface area contributed by atoms with E-state index in [2.05, 4.69) is 23.9 Å². The number of nitrogens with zero attached hydrogens (tertiary/aromatic N) is 3. The lowest BCUT2D eigenvalue weighted by Crippen LogP contribution is -2.21. The summed E-state index contributed by atoms with van der Waals surface area (Å²) in [6.07, 6.45) is 4.53. The molecule has 1 aromatic rings. The Balaban J connectivity index is 2.29. The van der Waals surface area contributed by atoms with Gasteiger partial charge in [0.15, 0.2) is 5.82 Å². The van der Waals surface area contributed by atoms with Gasteiger partial charge in [-0.1, -0.05) is 13.8 Å².